The van der Waals surface area contributed by atoms with Crippen molar-refractivity contribution in [2.75, 3.05) is 11.9 Å². The Morgan fingerprint density at radius 2 is 2.08 bits per heavy atom. The summed E-state index contributed by atoms with van der Waals surface area (Å²) in [4.78, 5) is 17.0. The summed E-state index contributed by atoms with van der Waals surface area (Å²) in [7, 11) is 0. The van der Waals surface area contributed by atoms with Gasteiger partial charge in [-0.05, 0) is 31.7 Å². The Labute approximate surface area is 151 Å². The zero-order valence-electron chi connectivity index (χ0n) is 15.3. The number of fused-ring (bicyclic) bond motifs is 1. The number of anilines is 1. The summed E-state index contributed by atoms with van der Waals surface area (Å²) in [6.45, 7) is 6.18. The first-order chi connectivity index (χ1) is 12.6. The van der Waals surface area contributed by atoms with Crippen molar-refractivity contribution in [3.8, 4) is 0 Å². The molecule has 0 spiro atoms. The monoisotopic (exact) mass is 356 g/mol. The van der Waals surface area contributed by atoms with E-state index in [-0.39, 0.29) is 24.2 Å². The first-order valence-electron chi connectivity index (χ1n) is 8.88. The minimum atomic E-state index is -0.296. The summed E-state index contributed by atoms with van der Waals surface area (Å²) >= 11 is 0. The lowest BCUT2D eigenvalue weighted by atomic mass is 10.2. The van der Waals surface area contributed by atoms with Crippen LogP contribution in [0.3, 0.4) is 0 Å². The number of carbonyl (C=O) groups is 1. The van der Waals surface area contributed by atoms with Gasteiger partial charge in [0.1, 0.15) is 5.82 Å². The molecule has 0 bridgehead atoms. The highest BCUT2D eigenvalue weighted by Crippen LogP contribution is 2.24. The molecule has 0 unspecified atom stereocenters. The first kappa shape index (κ1) is 18.1. The molecule has 3 heterocycles. The van der Waals surface area contributed by atoms with Crippen LogP contribution in [0.25, 0.3) is 5.65 Å². The first-order valence-corrected chi connectivity index (χ1v) is 8.88. The predicted molar refractivity (Wildman–Crippen MR) is 98.3 cm³/mol. The average Bonchev–Trinajstić information content (AvgIpc) is 3.21. The van der Waals surface area contributed by atoms with E-state index in [0.717, 1.165) is 24.0 Å². The summed E-state index contributed by atoms with van der Waals surface area (Å²) in [5.41, 5.74) is 2.65. The largest absolute Gasteiger partial charge is 0.396 e. The van der Waals surface area contributed by atoms with Crippen LogP contribution in [-0.2, 0) is 6.42 Å². The predicted octanol–water partition coefficient (Wildman–Crippen LogP) is 2.38. The second-order valence-corrected chi connectivity index (χ2v) is 6.31. The molecule has 0 atom stereocenters. The quantitative estimate of drug-likeness (QED) is 0.677. The van der Waals surface area contributed by atoms with Gasteiger partial charge in [-0.3, -0.25) is 4.79 Å². The molecule has 0 saturated heterocycles. The number of amides is 1. The maximum Gasteiger partial charge on any atom is 0.277 e. The normalized spacial score (nSPS) is 11.4. The number of aliphatic hydroxyl groups is 1. The number of nitrogens with one attached hydrogen (secondary N) is 1. The third-order valence-corrected chi connectivity index (χ3v) is 4.50. The average molecular weight is 356 g/mol. The molecule has 0 saturated carbocycles. The van der Waals surface area contributed by atoms with Crippen molar-refractivity contribution in [1.82, 2.24) is 24.4 Å². The van der Waals surface area contributed by atoms with Gasteiger partial charge in [0.2, 0.25) is 0 Å². The second kappa shape index (κ2) is 7.65. The topological polar surface area (TPSA) is 97.3 Å². The summed E-state index contributed by atoms with van der Waals surface area (Å²) in [6.07, 6.45) is 7.59. The summed E-state index contributed by atoms with van der Waals surface area (Å²) < 4.78 is 3.44. The van der Waals surface area contributed by atoms with Crippen LogP contribution in [0.15, 0.2) is 24.7 Å². The van der Waals surface area contributed by atoms with E-state index in [0.29, 0.717) is 17.9 Å². The van der Waals surface area contributed by atoms with Crippen LogP contribution in [0.5, 0.6) is 0 Å². The summed E-state index contributed by atoms with van der Waals surface area (Å²) in [5.74, 6) is 0.407. The van der Waals surface area contributed by atoms with Crippen molar-refractivity contribution in [1.29, 1.82) is 0 Å². The molecular weight excluding hydrogens is 332 g/mol. The second-order valence-electron chi connectivity index (χ2n) is 6.31. The SMILES string of the molecule is CCC(CC)n1ncc(C)c1NC(=O)c1cc2ncc(CCO)cn2n1. The highest BCUT2D eigenvalue weighted by Gasteiger charge is 2.19. The van der Waals surface area contributed by atoms with Crippen molar-refractivity contribution in [2.45, 2.75) is 46.1 Å². The number of aromatic nitrogens is 5. The van der Waals surface area contributed by atoms with Gasteiger partial charge in [0.25, 0.3) is 5.91 Å². The van der Waals surface area contributed by atoms with Gasteiger partial charge in [-0.1, -0.05) is 13.8 Å². The van der Waals surface area contributed by atoms with Gasteiger partial charge in [0.05, 0.1) is 12.2 Å². The zero-order chi connectivity index (χ0) is 18.7. The molecule has 8 heteroatoms. The molecule has 0 fully saturated rings. The lowest BCUT2D eigenvalue weighted by Gasteiger charge is -2.17. The molecular formula is C18H24N6O2. The number of aliphatic hydroxyl groups excluding tert-OH is 1. The highest BCUT2D eigenvalue weighted by molar-refractivity contribution is 6.03. The van der Waals surface area contributed by atoms with E-state index in [1.807, 2.05) is 11.6 Å². The molecule has 8 nitrogen and oxygen atoms in total. The van der Waals surface area contributed by atoms with Gasteiger partial charge in [0, 0.05) is 30.6 Å². The lowest BCUT2D eigenvalue weighted by molar-refractivity contribution is 0.102. The van der Waals surface area contributed by atoms with E-state index in [1.165, 1.54) is 0 Å². The molecule has 0 aromatic carbocycles. The Bertz CT molecular complexity index is 910. The molecule has 0 radical (unpaired) electrons. The fourth-order valence-electron chi connectivity index (χ4n) is 2.97. The van der Waals surface area contributed by atoms with E-state index in [4.69, 9.17) is 5.11 Å². The molecule has 138 valence electrons. The standard InChI is InChI=1S/C18H24N6O2/c1-4-14(5-2)24-17(12(3)9-20-24)21-18(26)15-8-16-19-10-13(6-7-25)11-23(16)22-15/h8-11,14,25H,4-7H2,1-3H3,(H,21,26). The van der Waals surface area contributed by atoms with E-state index < -0.39 is 0 Å². The molecule has 0 aliphatic rings. The number of aryl methyl sites for hydroxylation is 1. The van der Waals surface area contributed by atoms with Gasteiger partial charge >= 0.3 is 0 Å². The Hall–Kier alpha value is -2.74. The van der Waals surface area contributed by atoms with Gasteiger partial charge in [0.15, 0.2) is 11.3 Å². The van der Waals surface area contributed by atoms with E-state index >= 15 is 0 Å². The summed E-state index contributed by atoms with van der Waals surface area (Å²) in [6, 6.07) is 1.88. The Morgan fingerprint density at radius 3 is 2.77 bits per heavy atom. The Morgan fingerprint density at radius 1 is 1.31 bits per heavy atom. The zero-order valence-corrected chi connectivity index (χ0v) is 15.3. The van der Waals surface area contributed by atoms with Crippen LogP contribution < -0.4 is 5.32 Å². The lowest BCUT2D eigenvalue weighted by Crippen LogP contribution is -2.19. The number of hydrogen-bond acceptors (Lipinski definition) is 5. The van der Waals surface area contributed by atoms with Crippen molar-refractivity contribution in [3.63, 3.8) is 0 Å². The third kappa shape index (κ3) is 3.45. The minimum Gasteiger partial charge on any atom is -0.396 e. The molecule has 0 aliphatic heterocycles. The Kier molecular flexibility index (Phi) is 5.32. The fourth-order valence-corrected chi connectivity index (χ4v) is 2.97. The molecule has 0 aliphatic carbocycles. The van der Waals surface area contributed by atoms with Crippen LogP contribution in [0.2, 0.25) is 0 Å². The molecule has 3 aromatic heterocycles. The maximum atomic E-state index is 12.7. The van der Waals surface area contributed by atoms with Gasteiger partial charge in [-0.25, -0.2) is 14.2 Å². The number of nitrogens with zero attached hydrogens (tertiary/aromatic N) is 5. The smallest absolute Gasteiger partial charge is 0.277 e. The number of rotatable bonds is 7. The summed E-state index contributed by atoms with van der Waals surface area (Å²) in [5, 5.41) is 20.7. The minimum absolute atomic E-state index is 0.0427. The van der Waals surface area contributed by atoms with Crippen molar-refractivity contribution in [3.05, 3.63) is 41.5 Å². The number of carbonyl (C=O) groups excluding carboxylic acids is 1. The molecule has 2 N–H and O–H groups in total. The number of hydrogen-bond donors (Lipinski definition) is 2. The van der Waals surface area contributed by atoms with Crippen LogP contribution >= 0.6 is 0 Å². The van der Waals surface area contributed by atoms with Gasteiger partial charge in [-0.2, -0.15) is 10.2 Å². The van der Waals surface area contributed by atoms with E-state index in [9.17, 15) is 4.79 Å². The molecule has 3 aromatic rings. The van der Waals surface area contributed by atoms with E-state index in [2.05, 4.69) is 34.3 Å². The van der Waals surface area contributed by atoms with Crippen molar-refractivity contribution in [2.24, 2.45) is 0 Å². The van der Waals surface area contributed by atoms with Crippen LogP contribution in [0.1, 0.15) is 54.3 Å². The van der Waals surface area contributed by atoms with E-state index in [1.54, 1.807) is 29.2 Å². The third-order valence-electron chi connectivity index (χ3n) is 4.50. The highest BCUT2D eigenvalue weighted by atomic mass is 16.3. The van der Waals surface area contributed by atoms with Gasteiger partial charge < -0.3 is 10.4 Å². The fraction of sp³-hybridized carbons (Fsp3) is 0.444. The van der Waals surface area contributed by atoms with Crippen LogP contribution in [0, 0.1) is 6.92 Å². The van der Waals surface area contributed by atoms with Crippen molar-refractivity contribution >= 4 is 17.4 Å². The molecule has 1 amide bonds. The van der Waals surface area contributed by atoms with Gasteiger partial charge in [-0.15, -0.1) is 0 Å². The van der Waals surface area contributed by atoms with Crippen LogP contribution in [0.4, 0.5) is 5.82 Å². The van der Waals surface area contributed by atoms with Crippen LogP contribution in [-0.4, -0.2) is 42.0 Å². The molecule has 26 heavy (non-hydrogen) atoms. The van der Waals surface area contributed by atoms with Crippen molar-refractivity contribution < 1.29 is 9.90 Å². The molecule has 3 rings (SSSR count). The Balaban J connectivity index is 1.87. The maximum absolute atomic E-state index is 12.7.